The summed E-state index contributed by atoms with van der Waals surface area (Å²) in [4.78, 5) is 8.79. The molecule has 34 heavy (non-hydrogen) atoms. The van der Waals surface area contributed by atoms with Crippen LogP contribution in [0.15, 0.2) is 85.2 Å². The number of thiocarbonyl (C=S) groups is 1. The van der Waals surface area contributed by atoms with Crippen LogP contribution in [-0.4, -0.2) is 28.8 Å². The lowest BCUT2D eigenvalue weighted by molar-refractivity contribution is 0.549. The van der Waals surface area contributed by atoms with Crippen molar-refractivity contribution in [2.75, 3.05) is 23.9 Å². The lowest BCUT2D eigenvalue weighted by atomic mass is 10.0. The number of anilines is 2. The van der Waals surface area contributed by atoms with Crippen molar-refractivity contribution in [1.82, 2.24) is 14.9 Å². The third-order valence-electron chi connectivity index (χ3n) is 6.01. The number of hydrogen-bond donors (Lipinski definition) is 1. The predicted molar refractivity (Wildman–Crippen MR) is 139 cm³/mol. The van der Waals surface area contributed by atoms with Gasteiger partial charge >= 0.3 is 0 Å². The molecule has 1 aliphatic rings. The summed E-state index contributed by atoms with van der Waals surface area (Å²) in [5.74, 6) is -0.447. The van der Waals surface area contributed by atoms with E-state index in [1.807, 2.05) is 49.1 Å². The van der Waals surface area contributed by atoms with Crippen molar-refractivity contribution in [3.05, 3.63) is 107 Å². The summed E-state index contributed by atoms with van der Waals surface area (Å²) in [5, 5.41) is 4.17. The molecular formula is C26H23ClFN5S. The Hall–Kier alpha value is -3.42. The van der Waals surface area contributed by atoms with Crippen LogP contribution >= 0.6 is 23.8 Å². The van der Waals surface area contributed by atoms with E-state index in [2.05, 4.69) is 50.4 Å². The van der Waals surface area contributed by atoms with Crippen LogP contribution < -0.4 is 15.1 Å². The molecule has 0 amide bonds. The minimum Gasteiger partial charge on any atom is -0.378 e. The highest BCUT2D eigenvalue weighted by Gasteiger charge is 2.42. The van der Waals surface area contributed by atoms with Crippen LogP contribution in [0.3, 0.4) is 0 Å². The molecule has 0 saturated carbocycles. The highest BCUT2D eigenvalue weighted by molar-refractivity contribution is 7.80. The lowest BCUT2D eigenvalue weighted by Crippen LogP contribution is -2.30. The van der Waals surface area contributed by atoms with E-state index in [1.54, 1.807) is 18.3 Å². The average molecular weight is 492 g/mol. The van der Waals surface area contributed by atoms with Crippen molar-refractivity contribution in [1.29, 1.82) is 0 Å². The Morgan fingerprint density at radius 1 is 1.00 bits per heavy atom. The second-order valence-corrected chi connectivity index (χ2v) is 9.10. The van der Waals surface area contributed by atoms with Crippen molar-refractivity contribution in [2.24, 2.45) is 0 Å². The molecule has 2 atom stereocenters. The number of hydrogen-bond acceptors (Lipinski definition) is 3. The van der Waals surface area contributed by atoms with Crippen LogP contribution in [0.5, 0.6) is 0 Å². The molecule has 1 saturated heterocycles. The summed E-state index contributed by atoms with van der Waals surface area (Å²) < 4.78 is 15.9. The topological polar surface area (TPSA) is 36.3 Å². The number of rotatable bonds is 5. The van der Waals surface area contributed by atoms with Crippen molar-refractivity contribution >= 4 is 40.3 Å². The number of aromatic nitrogens is 2. The quantitative estimate of drug-likeness (QED) is 0.351. The zero-order chi connectivity index (χ0) is 23.8. The molecule has 3 heterocycles. The van der Waals surface area contributed by atoms with E-state index in [4.69, 9.17) is 23.8 Å². The standard InChI is InChI=1S/C26H23ClFN5S/c1-31(2)17-8-10-18(11-9-17)33-25(24(30-26(33)34)22-6-3-4-14-29-22)23-7-5-15-32(23)19-12-13-21(28)20(27)16-19/h3-16,24-25H,1-2H3,(H,30,34)/t24-,25+/m1/s1. The maximum Gasteiger partial charge on any atom is 0.174 e. The largest absolute Gasteiger partial charge is 0.378 e. The first-order chi connectivity index (χ1) is 16.4. The summed E-state index contributed by atoms with van der Waals surface area (Å²) >= 11 is 11.9. The first-order valence-corrected chi connectivity index (χ1v) is 11.6. The molecule has 5 rings (SSSR count). The van der Waals surface area contributed by atoms with Gasteiger partial charge in [0.1, 0.15) is 11.9 Å². The molecule has 4 aromatic rings. The molecule has 1 N–H and O–H groups in total. The molecule has 8 heteroatoms. The zero-order valence-corrected chi connectivity index (χ0v) is 20.3. The van der Waals surface area contributed by atoms with Crippen LogP contribution in [0.25, 0.3) is 5.69 Å². The molecule has 0 bridgehead atoms. The zero-order valence-electron chi connectivity index (χ0n) is 18.7. The summed E-state index contributed by atoms with van der Waals surface area (Å²) in [6.07, 6.45) is 3.73. The molecule has 0 spiro atoms. The Morgan fingerprint density at radius 2 is 1.76 bits per heavy atom. The van der Waals surface area contributed by atoms with Crippen LogP contribution in [0, 0.1) is 5.82 Å². The van der Waals surface area contributed by atoms with Gasteiger partial charge in [-0.15, -0.1) is 0 Å². The minimum atomic E-state index is -0.447. The first-order valence-electron chi connectivity index (χ1n) is 10.8. The third-order valence-corrected chi connectivity index (χ3v) is 6.61. The summed E-state index contributed by atoms with van der Waals surface area (Å²) in [6.45, 7) is 0. The fraction of sp³-hybridized carbons (Fsp3) is 0.154. The van der Waals surface area contributed by atoms with Gasteiger partial charge in [-0.05, 0) is 78.9 Å². The second-order valence-electron chi connectivity index (χ2n) is 8.31. The number of pyridine rings is 1. The van der Waals surface area contributed by atoms with E-state index in [1.165, 1.54) is 6.07 Å². The normalized spacial score (nSPS) is 17.6. The number of nitrogens with one attached hydrogen (secondary N) is 1. The van der Waals surface area contributed by atoms with E-state index < -0.39 is 5.82 Å². The van der Waals surface area contributed by atoms with E-state index >= 15 is 0 Å². The van der Waals surface area contributed by atoms with E-state index in [0.29, 0.717) is 5.11 Å². The average Bonchev–Trinajstić information content (AvgIpc) is 3.45. The minimum absolute atomic E-state index is 0.0784. The molecule has 0 unspecified atom stereocenters. The fourth-order valence-electron chi connectivity index (χ4n) is 4.35. The van der Waals surface area contributed by atoms with Gasteiger partial charge in [0.25, 0.3) is 0 Å². The Morgan fingerprint density at radius 3 is 2.44 bits per heavy atom. The third kappa shape index (κ3) is 4.02. The smallest absolute Gasteiger partial charge is 0.174 e. The maximum absolute atomic E-state index is 13.9. The Labute approximate surface area is 208 Å². The first kappa shape index (κ1) is 22.4. The van der Waals surface area contributed by atoms with E-state index in [0.717, 1.165) is 28.5 Å². The van der Waals surface area contributed by atoms with Crippen LogP contribution in [-0.2, 0) is 0 Å². The van der Waals surface area contributed by atoms with Gasteiger partial charge in [-0.2, -0.15) is 0 Å². The van der Waals surface area contributed by atoms with Gasteiger partial charge in [0.15, 0.2) is 5.11 Å². The highest BCUT2D eigenvalue weighted by Crippen LogP contribution is 2.42. The fourth-order valence-corrected chi connectivity index (χ4v) is 4.87. The SMILES string of the molecule is CN(C)c1ccc(N2C(=S)N[C@H](c3ccccn3)[C@@H]2c2cccn2-c2ccc(F)c(Cl)c2)cc1. The van der Waals surface area contributed by atoms with Crippen molar-refractivity contribution in [2.45, 2.75) is 12.1 Å². The molecule has 1 fully saturated rings. The van der Waals surface area contributed by atoms with Crippen molar-refractivity contribution in [3.63, 3.8) is 0 Å². The van der Waals surface area contributed by atoms with E-state index in [-0.39, 0.29) is 17.1 Å². The summed E-state index contributed by atoms with van der Waals surface area (Å²) in [5.41, 5.74) is 4.70. The van der Waals surface area contributed by atoms with Gasteiger partial charge in [-0.1, -0.05) is 17.7 Å². The lowest BCUT2D eigenvalue weighted by Gasteiger charge is -2.29. The molecule has 0 aliphatic carbocycles. The highest BCUT2D eigenvalue weighted by atomic mass is 35.5. The Bertz CT molecular complexity index is 1320. The number of benzene rings is 2. The maximum atomic E-state index is 13.9. The second kappa shape index (κ2) is 9.08. The monoisotopic (exact) mass is 491 g/mol. The van der Waals surface area contributed by atoms with Gasteiger partial charge in [0.05, 0.1) is 16.8 Å². The summed E-state index contributed by atoms with van der Waals surface area (Å²) in [6, 6.07) is 22.5. The Balaban J connectivity index is 1.64. The van der Waals surface area contributed by atoms with Crippen LogP contribution in [0.1, 0.15) is 23.5 Å². The number of nitrogens with zero attached hydrogens (tertiary/aromatic N) is 4. The predicted octanol–water partition coefficient (Wildman–Crippen LogP) is 5.91. The molecule has 2 aromatic carbocycles. The van der Waals surface area contributed by atoms with Gasteiger partial charge < -0.3 is 19.7 Å². The summed E-state index contributed by atoms with van der Waals surface area (Å²) in [7, 11) is 4.02. The van der Waals surface area contributed by atoms with Gasteiger partial charge in [0, 0.05) is 49.2 Å². The van der Waals surface area contributed by atoms with Gasteiger partial charge in [-0.25, -0.2) is 4.39 Å². The van der Waals surface area contributed by atoms with Gasteiger partial charge in [-0.3, -0.25) is 4.98 Å². The van der Waals surface area contributed by atoms with Crippen molar-refractivity contribution in [3.8, 4) is 5.69 Å². The van der Waals surface area contributed by atoms with Gasteiger partial charge in [0.2, 0.25) is 0 Å². The van der Waals surface area contributed by atoms with Crippen LogP contribution in [0.2, 0.25) is 5.02 Å². The van der Waals surface area contributed by atoms with Crippen LogP contribution in [0.4, 0.5) is 15.8 Å². The molecule has 1 aliphatic heterocycles. The number of halogens is 2. The van der Waals surface area contributed by atoms with E-state index in [9.17, 15) is 4.39 Å². The molecule has 2 aromatic heterocycles. The molecule has 5 nitrogen and oxygen atoms in total. The van der Waals surface area contributed by atoms with Crippen molar-refractivity contribution < 1.29 is 4.39 Å². The molecular weight excluding hydrogens is 469 g/mol. The Kier molecular flexibility index (Phi) is 5.98. The molecule has 172 valence electrons. The molecule has 0 radical (unpaired) electrons.